The summed E-state index contributed by atoms with van der Waals surface area (Å²) in [6.07, 6.45) is 6.72. The topological polar surface area (TPSA) is 114 Å². The van der Waals surface area contributed by atoms with Crippen LogP contribution in [-0.2, 0) is 6.42 Å². The second-order valence-electron chi connectivity index (χ2n) is 7.43. The number of nitrogens with one attached hydrogen (secondary N) is 2. The van der Waals surface area contributed by atoms with E-state index in [4.69, 9.17) is 10.7 Å². The van der Waals surface area contributed by atoms with Crippen LogP contribution in [0.2, 0.25) is 0 Å². The highest BCUT2D eigenvalue weighted by Crippen LogP contribution is 2.29. The van der Waals surface area contributed by atoms with Crippen molar-refractivity contribution in [3.63, 3.8) is 0 Å². The molecule has 4 aromatic rings. The number of nitrogens with two attached hydrogens (primary N) is 1. The molecule has 0 fully saturated rings. The van der Waals surface area contributed by atoms with E-state index in [0.717, 1.165) is 40.6 Å². The molecule has 0 atom stereocenters. The minimum absolute atomic E-state index is 0.232. The molecule has 4 rings (SSSR count). The van der Waals surface area contributed by atoms with Gasteiger partial charge in [0.2, 0.25) is 5.91 Å². The summed E-state index contributed by atoms with van der Waals surface area (Å²) in [4.78, 5) is 36.1. The Morgan fingerprint density at radius 1 is 1.19 bits per heavy atom. The molecule has 0 aliphatic heterocycles. The van der Waals surface area contributed by atoms with Crippen LogP contribution in [0.4, 0.5) is 11.5 Å². The lowest BCUT2D eigenvalue weighted by molar-refractivity contribution is 0.0999. The van der Waals surface area contributed by atoms with Gasteiger partial charge >= 0.3 is 0 Å². The molecule has 0 bridgehead atoms. The number of carbonyl (C=O) groups is 1. The predicted molar refractivity (Wildman–Crippen MR) is 123 cm³/mol. The predicted octanol–water partition coefficient (Wildman–Crippen LogP) is 4.09. The van der Waals surface area contributed by atoms with Crippen molar-refractivity contribution in [2.75, 3.05) is 5.32 Å². The lowest BCUT2D eigenvalue weighted by atomic mass is 10.0. The fourth-order valence-corrected chi connectivity index (χ4v) is 3.70. The molecule has 0 aliphatic rings. The van der Waals surface area contributed by atoms with E-state index in [-0.39, 0.29) is 5.56 Å². The summed E-state index contributed by atoms with van der Waals surface area (Å²) >= 11 is 0. The van der Waals surface area contributed by atoms with Crippen molar-refractivity contribution in [1.29, 1.82) is 0 Å². The zero-order valence-electron chi connectivity index (χ0n) is 17.4. The first-order valence-corrected chi connectivity index (χ1v) is 10.1. The highest BCUT2D eigenvalue weighted by molar-refractivity contribution is 5.97. The van der Waals surface area contributed by atoms with Gasteiger partial charge in [-0.15, -0.1) is 0 Å². The molecule has 0 unspecified atom stereocenters. The van der Waals surface area contributed by atoms with Crippen LogP contribution in [0.15, 0.2) is 59.8 Å². The van der Waals surface area contributed by atoms with E-state index >= 15 is 0 Å². The first kappa shape index (κ1) is 20.3. The summed E-state index contributed by atoms with van der Waals surface area (Å²) in [7, 11) is 0. The summed E-state index contributed by atoms with van der Waals surface area (Å²) in [5, 5.41) is 4.51. The van der Waals surface area contributed by atoms with E-state index in [1.54, 1.807) is 30.7 Å². The molecule has 7 nitrogen and oxygen atoms in total. The van der Waals surface area contributed by atoms with Crippen LogP contribution < -0.4 is 16.6 Å². The molecule has 3 aromatic heterocycles. The number of aryl methyl sites for hydroxylation is 2. The van der Waals surface area contributed by atoms with Crippen molar-refractivity contribution in [3.8, 4) is 11.3 Å². The molecule has 1 aromatic carbocycles. The number of hydrogen-bond donors (Lipinski definition) is 3. The lowest BCUT2D eigenvalue weighted by Crippen LogP contribution is -2.14. The van der Waals surface area contributed by atoms with E-state index in [9.17, 15) is 9.59 Å². The van der Waals surface area contributed by atoms with Crippen molar-refractivity contribution in [2.45, 2.75) is 26.7 Å². The minimum atomic E-state index is -0.455. The van der Waals surface area contributed by atoms with E-state index < -0.39 is 5.91 Å². The number of rotatable bonds is 6. The van der Waals surface area contributed by atoms with E-state index in [1.165, 1.54) is 0 Å². The Hall–Kier alpha value is -4.00. The molecule has 156 valence electrons. The van der Waals surface area contributed by atoms with Gasteiger partial charge < -0.3 is 16.0 Å². The number of fused-ring (bicyclic) bond motifs is 1. The normalized spacial score (nSPS) is 10.9. The van der Waals surface area contributed by atoms with Crippen molar-refractivity contribution in [1.82, 2.24) is 15.0 Å². The Balaban J connectivity index is 1.87. The first-order chi connectivity index (χ1) is 15.0. The molecular formula is C24H23N5O2. The summed E-state index contributed by atoms with van der Waals surface area (Å²) < 4.78 is 0. The average Bonchev–Trinajstić information content (AvgIpc) is 2.74. The number of benzene rings is 1. The van der Waals surface area contributed by atoms with Crippen LogP contribution >= 0.6 is 0 Å². The SMILES string of the molecule is CCCc1cc(Nc2nc(-c3cnccc3C)cc3cc[nH]c(=O)c23)ccc1C(N)=O. The van der Waals surface area contributed by atoms with E-state index in [2.05, 4.69) is 15.3 Å². The zero-order chi connectivity index (χ0) is 22.0. The maximum absolute atomic E-state index is 12.6. The summed E-state index contributed by atoms with van der Waals surface area (Å²) in [5.74, 6) is -0.0176. The molecule has 0 aliphatic carbocycles. The van der Waals surface area contributed by atoms with Crippen LogP contribution in [0.1, 0.15) is 34.8 Å². The maximum Gasteiger partial charge on any atom is 0.259 e. The number of amides is 1. The van der Waals surface area contributed by atoms with Gasteiger partial charge in [-0.25, -0.2) is 4.98 Å². The number of aromatic amines is 1. The van der Waals surface area contributed by atoms with Gasteiger partial charge in [0.05, 0.1) is 11.1 Å². The number of anilines is 2. The van der Waals surface area contributed by atoms with Crippen molar-refractivity contribution in [2.24, 2.45) is 5.73 Å². The van der Waals surface area contributed by atoms with E-state index in [0.29, 0.717) is 22.5 Å². The molecule has 0 spiro atoms. The fraction of sp³-hybridized carbons (Fsp3) is 0.167. The summed E-state index contributed by atoms with van der Waals surface area (Å²) in [5.41, 5.74) is 10.0. The molecule has 0 saturated carbocycles. The number of hydrogen-bond acceptors (Lipinski definition) is 5. The molecule has 0 saturated heterocycles. The van der Waals surface area contributed by atoms with Crippen LogP contribution in [-0.4, -0.2) is 20.9 Å². The quantitative estimate of drug-likeness (QED) is 0.441. The number of nitrogens with zero attached hydrogens (tertiary/aromatic N) is 2. The Morgan fingerprint density at radius 2 is 2.03 bits per heavy atom. The van der Waals surface area contributed by atoms with Gasteiger partial charge in [0.25, 0.3) is 5.56 Å². The maximum atomic E-state index is 12.6. The zero-order valence-corrected chi connectivity index (χ0v) is 17.4. The Kier molecular flexibility index (Phi) is 5.49. The highest BCUT2D eigenvalue weighted by atomic mass is 16.1. The smallest absolute Gasteiger partial charge is 0.259 e. The molecule has 7 heteroatoms. The molecular weight excluding hydrogens is 390 g/mol. The third-order valence-electron chi connectivity index (χ3n) is 5.22. The van der Waals surface area contributed by atoms with Gasteiger partial charge in [0.1, 0.15) is 5.82 Å². The first-order valence-electron chi connectivity index (χ1n) is 10.1. The number of carbonyl (C=O) groups excluding carboxylic acids is 1. The number of pyridine rings is 3. The van der Waals surface area contributed by atoms with Crippen molar-refractivity contribution >= 4 is 28.2 Å². The molecule has 1 amide bonds. The lowest BCUT2D eigenvalue weighted by Gasteiger charge is -2.14. The van der Waals surface area contributed by atoms with Crippen molar-refractivity contribution < 1.29 is 4.79 Å². The third-order valence-corrected chi connectivity index (χ3v) is 5.22. The highest BCUT2D eigenvalue weighted by Gasteiger charge is 2.14. The van der Waals surface area contributed by atoms with Gasteiger partial charge in [-0.3, -0.25) is 14.6 Å². The fourth-order valence-electron chi connectivity index (χ4n) is 3.70. The molecule has 0 radical (unpaired) electrons. The van der Waals surface area contributed by atoms with Gasteiger partial charge in [-0.1, -0.05) is 13.3 Å². The average molecular weight is 413 g/mol. The number of H-pyrrole nitrogens is 1. The monoisotopic (exact) mass is 413 g/mol. The van der Waals surface area contributed by atoms with E-state index in [1.807, 2.05) is 38.1 Å². The van der Waals surface area contributed by atoms with Crippen LogP contribution in [0.3, 0.4) is 0 Å². The summed E-state index contributed by atoms with van der Waals surface area (Å²) in [6.45, 7) is 4.03. The third kappa shape index (κ3) is 4.02. The molecule has 31 heavy (non-hydrogen) atoms. The van der Waals surface area contributed by atoms with Crippen LogP contribution in [0.25, 0.3) is 22.0 Å². The second-order valence-corrected chi connectivity index (χ2v) is 7.43. The van der Waals surface area contributed by atoms with Crippen LogP contribution in [0.5, 0.6) is 0 Å². The van der Waals surface area contributed by atoms with Gasteiger partial charge in [-0.2, -0.15) is 0 Å². The molecule has 4 N–H and O–H groups in total. The number of primary amides is 1. The van der Waals surface area contributed by atoms with Gasteiger partial charge in [0.15, 0.2) is 0 Å². The number of aromatic nitrogens is 3. The van der Waals surface area contributed by atoms with Gasteiger partial charge in [0, 0.05) is 35.4 Å². The Bertz CT molecular complexity index is 1340. The summed E-state index contributed by atoms with van der Waals surface area (Å²) in [6, 6.07) is 11.0. The Labute approximate surface area is 179 Å². The second kappa shape index (κ2) is 8.39. The van der Waals surface area contributed by atoms with Crippen LogP contribution in [0, 0.1) is 6.92 Å². The minimum Gasteiger partial charge on any atom is -0.366 e. The molecule has 3 heterocycles. The van der Waals surface area contributed by atoms with Crippen molar-refractivity contribution in [3.05, 3.63) is 82.0 Å². The largest absolute Gasteiger partial charge is 0.366 e. The standard InChI is InChI=1S/C24H23N5O2/c1-3-4-15-11-17(5-6-18(15)22(25)30)28-23-21-16(8-10-27-24(21)31)12-20(29-23)19-13-26-9-7-14(19)2/h5-13H,3-4H2,1-2H3,(H2,25,30)(H,27,31)(H,28,29). The Morgan fingerprint density at radius 3 is 2.77 bits per heavy atom. The van der Waals surface area contributed by atoms with Gasteiger partial charge in [-0.05, 0) is 66.3 Å².